The molecule has 2 saturated heterocycles. The Morgan fingerprint density at radius 2 is 1.61 bits per heavy atom. The second-order valence-corrected chi connectivity index (χ2v) is 20.2. The topological polar surface area (TPSA) is 206 Å². The highest BCUT2D eigenvalue weighted by Crippen LogP contribution is 2.65. The Balaban J connectivity index is 1.40. The Morgan fingerprint density at radius 3 is 2.18 bits per heavy atom. The van der Waals surface area contributed by atoms with Gasteiger partial charge in [0.15, 0.2) is 11.7 Å². The zero-order valence-corrected chi connectivity index (χ0v) is 39.5. The van der Waals surface area contributed by atoms with Crippen LogP contribution in [0.15, 0.2) is 71.8 Å². The largest absolute Gasteiger partial charge is 0.456 e. The summed E-state index contributed by atoms with van der Waals surface area (Å²) < 4.78 is 42.7. The first-order valence-electron chi connectivity index (χ1n) is 22.9. The lowest BCUT2D eigenvalue weighted by Gasteiger charge is -2.68. The highest BCUT2D eigenvalue weighted by atomic mass is 16.6. The zero-order valence-electron chi connectivity index (χ0n) is 39.5. The normalized spacial score (nSPS) is 32.7. The number of esters is 3. The first kappa shape index (κ1) is 49.2. The Kier molecular flexibility index (Phi) is 14.0. The van der Waals surface area contributed by atoms with Gasteiger partial charge in [0.1, 0.15) is 35.3 Å². The van der Waals surface area contributed by atoms with Crippen molar-refractivity contribution >= 4 is 29.8 Å². The third-order valence-corrected chi connectivity index (χ3v) is 14.8. The van der Waals surface area contributed by atoms with E-state index in [-0.39, 0.29) is 37.2 Å². The number of ether oxygens (including phenoxy) is 7. The summed E-state index contributed by atoms with van der Waals surface area (Å²) in [6, 6.07) is 15.3. The third kappa shape index (κ3) is 8.92. The summed E-state index contributed by atoms with van der Waals surface area (Å²) in [7, 11) is 1.50. The summed E-state index contributed by atoms with van der Waals surface area (Å²) in [5, 5.41) is 28.6. The van der Waals surface area contributed by atoms with E-state index < -0.39 is 100 Å². The molecule has 0 aromatic heterocycles. The molecule has 2 heterocycles. The molecule has 2 bridgehead atoms. The number of nitrogens with one attached hydrogen (secondary N) is 1. The van der Waals surface area contributed by atoms with Crippen LogP contribution in [-0.2, 0) is 47.5 Å². The van der Waals surface area contributed by atoms with Crippen LogP contribution in [-0.4, -0.2) is 139 Å². The molecular weight excluding hydrogens is 853 g/mol. The first-order chi connectivity index (χ1) is 31.1. The van der Waals surface area contributed by atoms with Gasteiger partial charge in [-0.1, -0.05) is 62.4 Å². The van der Waals surface area contributed by atoms with Gasteiger partial charge in [0.2, 0.25) is 0 Å². The van der Waals surface area contributed by atoms with E-state index in [4.69, 9.17) is 33.2 Å². The van der Waals surface area contributed by atoms with Gasteiger partial charge in [-0.05, 0) is 76.4 Å². The molecule has 1 amide bonds. The minimum Gasteiger partial charge on any atom is -0.456 e. The van der Waals surface area contributed by atoms with Gasteiger partial charge in [0.25, 0.3) is 0 Å². The summed E-state index contributed by atoms with van der Waals surface area (Å²) in [6.45, 7) is 16.0. The van der Waals surface area contributed by atoms with E-state index in [1.165, 1.54) is 14.0 Å². The zero-order chi connectivity index (χ0) is 48.0. The van der Waals surface area contributed by atoms with E-state index in [0.717, 1.165) is 0 Å². The molecule has 0 spiro atoms. The Morgan fingerprint density at radius 1 is 0.970 bits per heavy atom. The van der Waals surface area contributed by atoms with Crippen LogP contribution in [0.2, 0.25) is 0 Å². The molecule has 2 aromatic rings. The molecule has 1 unspecified atom stereocenters. The molecule has 2 aromatic carbocycles. The number of carbonyl (C=O) groups is 5. The minimum atomic E-state index is -2.18. The SMILES string of the molecule is CO[C@H]1C[C@H]2OCC2(OC(C)=O)[C@H]2[C@H](OC(=O)c3ccccc3)[C@]3(O)C[C@H](OC(=O)[C@H](O)[C@@H](NC(=O)OC(C)(C)C)c4ccccc4)C(C)=C([C@@H](CCN4CCOCC4)C(=O)[C@]12C)C3(C)C. The summed E-state index contributed by atoms with van der Waals surface area (Å²) in [5.74, 6) is -5.09. The molecule has 11 atom stereocenters. The summed E-state index contributed by atoms with van der Waals surface area (Å²) in [4.78, 5) is 73.9. The maximum Gasteiger partial charge on any atom is 0.408 e. The van der Waals surface area contributed by atoms with Crippen LogP contribution >= 0.6 is 0 Å². The number of fused-ring (bicyclic) bond motifs is 5. The number of carbonyl (C=O) groups excluding carboxylic acids is 5. The van der Waals surface area contributed by atoms with E-state index in [1.807, 2.05) is 0 Å². The van der Waals surface area contributed by atoms with Gasteiger partial charge in [-0.3, -0.25) is 14.5 Å². The maximum atomic E-state index is 16.3. The van der Waals surface area contributed by atoms with Gasteiger partial charge in [0, 0.05) is 51.3 Å². The molecule has 3 aliphatic carbocycles. The number of aliphatic hydroxyl groups excluding tert-OH is 1. The summed E-state index contributed by atoms with van der Waals surface area (Å²) in [5.41, 5.74) is -6.11. The highest BCUT2D eigenvalue weighted by Gasteiger charge is 2.78. The Labute approximate surface area is 386 Å². The van der Waals surface area contributed by atoms with Crippen LogP contribution in [0.25, 0.3) is 0 Å². The van der Waals surface area contributed by atoms with E-state index in [9.17, 15) is 29.4 Å². The molecule has 0 radical (unpaired) electrons. The summed E-state index contributed by atoms with van der Waals surface area (Å²) >= 11 is 0. The number of nitrogens with zero attached hydrogens (tertiary/aromatic N) is 1. The van der Waals surface area contributed by atoms with Gasteiger partial charge in [-0.2, -0.15) is 0 Å². The monoisotopic (exact) mass is 918 g/mol. The van der Waals surface area contributed by atoms with E-state index in [0.29, 0.717) is 49.6 Å². The molecule has 3 N–H and O–H groups in total. The van der Waals surface area contributed by atoms with Gasteiger partial charge >= 0.3 is 24.0 Å². The van der Waals surface area contributed by atoms with Crippen LogP contribution in [0, 0.1) is 22.7 Å². The number of hydrogen-bond acceptors (Lipinski definition) is 15. The first-order valence-corrected chi connectivity index (χ1v) is 22.9. The fraction of sp³-hybridized carbons (Fsp3) is 0.620. The molecule has 4 fully saturated rings. The molecule has 360 valence electrons. The molecule has 2 aliphatic heterocycles. The van der Waals surface area contributed by atoms with Crippen molar-refractivity contribution in [3.8, 4) is 0 Å². The quantitative estimate of drug-likeness (QED) is 0.147. The average Bonchev–Trinajstić information content (AvgIpc) is 3.26. The van der Waals surface area contributed by atoms with Crippen molar-refractivity contribution < 1.29 is 67.3 Å². The van der Waals surface area contributed by atoms with Crippen molar-refractivity contribution in [2.45, 2.75) is 128 Å². The number of alkyl carbamates (subject to hydrolysis) is 1. The van der Waals surface area contributed by atoms with E-state index >= 15 is 4.79 Å². The number of ketones is 1. The molecule has 2 saturated carbocycles. The van der Waals surface area contributed by atoms with Gasteiger partial charge < -0.3 is 48.7 Å². The van der Waals surface area contributed by atoms with Crippen molar-refractivity contribution in [3.63, 3.8) is 0 Å². The second kappa shape index (κ2) is 18.8. The van der Waals surface area contributed by atoms with Gasteiger partial charge in [-0.15, -0.1) is 0 Å². The fourth-order valence-corrected chi connectivity index (χ4v) is 11.5. The molecule has 16 heteroatoms. The molecule has 5 aliphatic rings. The lowest BCUT2D eigenvalue weighted by molar-refractivity contribution is -0.347. The van der Waals surface area contributed by atoms with Crippen LogP contribution in [0.1, 0.15) is 96.6 Å². The third-order valence-electron chi connectivity index (χ3n) is 14.8. The molecule has 7 rings (SSSR count). The Bertz CT molecular complexity index is 2170. The molecule has 66 heavy (non-hydrogen) atoms. The number of aliphatic hydroxyl groups is 2. The smallest absolute Gasteiger partial charge is 0.408 e. The van der Waals surface area contributed by atoms with Crippen molar-refractivity contribution in [1.29, 1.82) is 0 Å². The highest BCUT2D eigenvalue weighted by molar-refractivity contribution is 5.93. The molecular formula is C50H66N2O14. The van der Waals surface area contributed by atoms with Gasteiger partial charge in [-0.25, -0.2) is 14.4 Å². The Hall–Kier alpha value is -4.71. The fourth-order valence-electron chi connectivity index (χ4n) is 11.5. The van der Waals surface area contributed by atoms with E-state index in [2.05, 4.69) is 10.2 Å². The average molecular weight is 919 g/mol. The van der Waals surface area contributed by atoms with Crippen molar-refractivity contribution in [2.24, 2.45) is 22.7 Å². The maximum absolute atomic E-state index is 16.3. The second-order valence-electron chi connectivity index (χ2n) is 20.2. The van der Waals surface area contributed by atoms with E-state index in [1.54, 1.807) is 109 Å². The predicted octanol–water partition coefficient (Wildman–Crippen LogP) is 4.89. The number of Topliss-reactive ketones (excluding diaryl/α,β-unsaturated/α-hetero) is 1. The summed E-state index contributed by atoms with van der Waals surface area (Å²) in [6.07, 6.45) is -7.40. The number of hydrogen-bond donors (Lipinski definition) is 3. The lowest BCUT2D eigenvalue weighted by atomic mass is 9.43. The van der Waals surface area contributed by atoms with Crippen molar-refractivity contribution in [2.75, 3.05) is 46.6 Å². The van der Waals surface area contributed by atoms with Crippen LogP contribution in [0.4, 0.5) is 4.79 Å². The van der Waals surface area contributed by atoms with Gasteiger partial charge in [0.05, 0.1) is 48.9 Å². The number of amides is 1. The van der Waals surface area contributed by atoms with Crippen LogP contribution in [0.3, 0.4) is 0 Å². The molecule has 16 nitrogen and oxygen atoms in total. The number of benzene rings is 2. The number of rotatable bonds is 12. The van der Waals surface area contributed by atoms with Crippen molar-refractivity contribution in [1.82, 2.24) is 10.2 Å². The lowest BCUT2D eigenvalue weighted by Crippen LogP contribution is -2.81. The van der Waals surface area contributed by atoms with Crippen molar-refractivity contribution in [3.05, 3.63) is 82.9 Å². The minimum absolute atomic E-state index is 0.159. The van der Waals surface area contributed by atoms with Crippen LogP contribution in [0.5, 0.6) is 0 Å². The van der Waals surface area contributed by atoms with Crippen LogP contribution < -0.4 is 5.32 Å². The number of methoxy groups -OCH3 is 1. The standard InChI is InChI=1S/C50H66N2O14/c1-29-34(63-44(57)39(54)38(31-16-12-10-13-17-31)51-45(58)66-46(3,4)5)27-50(59)42(64-43(56)32-18-14-11-15-19-32)40-48(8,35(60-9)26-36-49(40,28-62-36)65-30(2)53)41(55)33(37(29)47(50,6)7)20-21-52-22-24-61-25-23-52/h10-19,33-36,38-40,42,54,59H,20-28H2,1-9H3,(H,51,58)/t33-,34+,35+,36-,38+,39-,40+,42+,48-,49?,50-/m1/s1. The number of morpholine rings is 1. The predicted molar refractivity (Wildman–Crippen MR) is 238 cm³/mol.